The van der Waals surface area contributed by atoms with Crippen LogP contribution in [0.15, 0.2) is 67.3 Å². The van der Waals surface area contributed by atoms with Crippen molar-refractivity contribution in [3.8, 4) is 11.4 Å². The number of ether oxygens (including phenoxy) is 1. The van der Waals surface area contributed by atoms with Crippen LogP contribution in [-0.4, -0.2) is 51.6 Å². The summed E-state index contributed by atoms with van der Waals surface area (Å²) in [5.41, 5.74) is 2.48. The largest absolute Gasteiger partial charge is 0.494 e. The molecule has 0 radical (unpaired) electrons. The Balaban J connectivity index is 1.39. The molecule has 2 aromatic carbocycles. The summed E-state index contributed by atoms with van der Waals surface area (Å²) in [6.45, 7) is 0. The molecule has 0 aliphatic heterocycles. The van der Waals surface area contributed by atoms with E-state index in [-0.39, 0.29) is 46.2 Å². The third kappa shape index (κ3) is 5.69. The van der Waals surface area contributed by atoms with Crippen LogP contribution in [0.5, 0.6) is 5.75 Å². The fourth-order valence-electron chi connectivity index (χ4n) is 3.91. The highest BCUT2D eigenvalue weighted by Crippen LogP contribution is 2.34. The number of hydrogen-bond acceptors (Lipinski definition) is 8. The van der Waals surface area contributed by atoms with Crippen LogP contribution < -0.4 is 26.0 Å². The molecule has 0 atom stereocenters. The molecule has 3 amide bonds. The first-order valence-electron chi connectivity index (χ1n) is 12.2. The van der Waals surface area contributed by atoms with Gasteiger partial charge in [-0.2, -0.15) is 0 Å². The molecule has 0 saturated heterocycles. The minimum Gasteiger partial charge on any atom is -0.494 e. The van der Waals surface area contributed by atoms with E-state index in [9.17, 15) is 14.4 Å². The maximum atomic E-state index is 13.2. The fraction of sp³-hybridized carbons (Fsp3) is 0.185. The van der Waals surface area contributed by atoms with Crippen molar-refractivity contribution in [3.63, 3.8) is 0 Å². The van der Waals surface area contributed by atoms with Crippen LogP contribution in [0.1, 0.15) is 33.7 Å². The molecule has 2 aromatic heterocycles. The molecule has 0 spiro atoms. The molecule has 198 valence electrons. The number of aromatic nitrogens is 4. The second-order valence-electron chi connectivity index (χ2n) is 8.82. The molecule has 5 rings (SSSR count). The Labute approximate surface area is 223 Å². The quantitative estimate of drug-likeness (QED) is 0.259. The van der Waals surface area contributed by atoms with Gasteiger partial charge in [0.1, 0.15) is 0 Å². The number of carbonyl (C=O) groups is 3. The zero-order valence-electron chi connectivity index (χ0n) is 21.3. The standard InChI is InChI=1S/C27H26N8O4/c1-28-27(38)23-21(14-22(33-34-23)32-25(36)16-6-7-16)31-20-5-3-4-19(24(20)39-2)26(37)30-17-8-10-18(11-9-17)35-13-12-29-15-35/h3-5,8-16H,6-7H2,1-2H3,(H,28,38)(H,30,37)(H2,31,32,33,36). The molecule has 39 heavy (non-hydrogen) atoms. The SMILES string of the molecule is CNC(=O)c1nnc(NC(=O)C2CC2)cc1Nc1cccc(C(=O)Nc2ccc(-n3ccnc3)cc2)c1OC. The number of nitrogens with zero attached hydrogens (tertiary/aromatic N) is 4. The lowest BCUT2D eigenvalue weighted by atomic mass is 10.1. The third-order valence-corrected chi connectivity index (χ3v) is 6.10. The van der Waals surface area contributed by atoms with E-state index in [0.29, 0.717) is 11.4 Å². The first-order valence-corrected chi connectivity index (χ1v) is 12.2. The summed E-state index contributed by atoms with van der Waals surface area (Å²) < 4.78 is 7.45. The summed E-state index contributed by atoms with van der Waals surface area (Å²) in [7, 11) is 2.92. The van der Waals surface area contributed by atoms with E-state index in [0.717, 1.165) is 18.5 Å². The monoisotopic (exact) mass is 526 g/mol. The van der Waals surface area contributed by atoms with Gasteiger partial charge in [-0.3, -0.25) is 14.4 Å². The number of rotatable bonds is 9. The second-order valence-corrected chi connectivity index (χ2v) is 8.82. The topological polar surface area (TPSA) is 152 Å². The molecule has 4 aromatic rings. The Morgan fingerprint density at radius 1 is 0.974 bits per heavy atom. The van der Waals surface area contributed by atoms with Crippen molar-refractivity contribution >= 4 is 40.6 Å². The van der Waals surface area contributed by atoms with Crippen LogP contribution >= 0.6 is 0 Å². The molecule has 0 bridgehead atoms. The average molecular weight is 527 g/mol. The predicted molar refractivity (Wildman–Crippen MR) is 145 cm³/mol. The van der Waals surface area contributed by atoms with E-state index in [2.05, 4.69) is 36.4 Å². The molecule has 1 aliphatic rings. The van der Waals surface area contributed by atoms with Gasteiger partial charge >= 0.3 is 0 Å². The number of benzene rings is 2. The van der Waals surface area contributed by atoms with Gasteiger partial charge in [-0.25, -0.2) is 4.98 Å². The van der Waals surface area contributed by atoms with E-state index >= 15 is 0 Å². The summed E-state index contributed by atoms with van der Waals surface area (Å²) in [6, 6.07) is 13.8. The van der Waals surface area contributed by atoms with Crippen molar-refractivity contribution in [2.45, 2.75) is 12.8 Å². The molecule has 12 nitrogen and oxygen atoms in total. The van der Waals surface area contributed by atoms with Gasteiger partial charge in [0.15, 0.2) is 17.3 Å². The zero-order valence-corrected chi connectivity index (χ0v) is 21.3. The summed E-state index contributed by atoms with van der Waals surface area (Å²) >= 11 is 0. The van der Waals surface area contributed by atoms with E-state index in [4.69, 9.17) is 4.74 Å². The van der Waals surface area contributed by atoms with Crippen molar-refractivity contribution in [1.82, 2.24) is 25.1 Å². The van der Waals surface area contributed by atoms with E-state index in [1.165, 1.54) is 20.2 Å². The Hall–Kier alpha value is -5.26. The van der Waals surface area contributed by atoms with Gasteiger partial charge in [0.2, 0.25) is 5.91 Å². The maximum Gasteiger partial charge on any atom is 0.273 e. The number of methoxy groups -OCH3 is 1. The lowest BCUT2D eigenvalue weighted by molar-refractivity contribution is -0.117. The minimum absolute atomic E-state index is 0.0109. The normalized spacial score (nSPS) is 12.4. The Kier molecular flexibility index (Phi) is 7.17. The lowest BCUT2D eigenvalue weighted by Crippen LogP contribution is -2.22. The highest BCUT2D eigenvalue weighted by atomic mass is 16.5. The van der Waals surface area contributed by atoms with Gasteiger partial charge in [-0.1, -0.05) is 6.07 Å². The smallest absolute Gasteiger partial charge is 0.273 e. The number of imidazole rings is 1. The summed E-state index contributed by atoms with van der Waals surface area (Å²) in [4.78, 5) is 41.9. The van der Waals surface area contributed by atoms with Gasteiger partial charge in [0.05, 0.1) is 30.4 Å². The van der Waals surface area contributed by atoms with Crippen molar-refractivity contribution in [3.05, 3.63) is 78.5 Å². The highest BCUT2D eigenvalue weighted by Gasteiger charge is 2.30. The molecule has 1 saturated carbocycles. The number of nitrogens with one attached hydrogen (secondary N) is 4. The summed E-state index contributed by atoms with van der Waals surface area (Å²) in [5.74, 6) is -0.571. The van der Waals surface area contributed by atoms with Crippen LogP contribution in [0.4, 0.5) is 22.9 Å². The van der Waals surface area contributed by atoms with Crippen LogP contribution in [0.25, 0.3) is 5.69 Å². The number of amides is 3. The Morgan fingerprint density at radius 2 is 1.77 bits per heavy atom. The molecule has 12 heteroatoms. The Bertz CT molecular complexity index is 1520. The number of para-hydroxylation sites is 1. The average Bonchev–Trinajstić information content (AvgIpc) is 3.67. The fourth-order valence-corrected chi connectivity index (χ4v) is 3.91. The molecule has 1 fully saturated rings. The number of hydrogen-bond donors (Lipinski definition) is 4. The number of carbonyl (C=O) groups excluding carboxylic acids is 3. The zero-order chi connectivity index (χ0) is 27.4. The summed E-state index contributed by atoms with van der Waals surface area (Å²) in [5, 5.41) is 19.2. The first kappa shape index (κ1) is 25.4. The van der Waals surface area contributed by atoms with Gasteiger partial charge in [-0.05, 0) is 49.2 Å². The summed E-state index contributed by atoms with van der Waals surface area (Å²) in [6.07, 6.45) is 6.88. The number of anilines is 4. The van der Waals surface area contributed by atoms with Gasteiger partial charge in [-0.15, -0.1) is 10.2 Å². The second kappa shape index (κ2) is 11.0. The Morgan fingerprint density at radius 3 is 2.44 bits per heavy atom. The molecule has 4 N–H and O–H groups in total. The van der Waals surface area contributed by atoms with E-state index in [1.54, 1.807) is 42.9 Å². The third-order valence-electron chi connectivity index (χ3n) is 6.10. The van der Waals surface area contributed by atoms with E-state index < -0.39 is 5.91 Å². The lowest BCUT2D eigenvalue weighted by Gasteiger charge is -2.17. The van der Waals surface area contributed by atoms with Gasteiger partial charge in [0, 0.05) is 42.8 Å². The minimum atomic E-state index is -0.475. The first-order chi connectivity index (χ1) is 19.0. The molecule has 2 heterocycles. The van der Waals surface area contributed by atoms with Crippen LogP contribution in [0.3, 0.4) is 0 Å². The van der Waals surface area contributed by atoms with Gasteiger partial charge in [0.25, 0.3) is 11.8 Å². The predicted octanol–water partition coefficient (Wildman–Crippen LogP) is 3.37. The van der Waals surface area contributed by atoms with Gasteiger partial charge < -0.3 is 30.6 Å². The van der Waals surface area contributed by atoms with Crippen LogP contribution in [0, 0.1) is 5.92 Å². The highest BCUT2D eigenvalue weighted by molar-refractivity contribution is 6.08. The van der Waals surface area contributed by atoms with Crippen molar-refractivity contribution in [2.75, 3.05) is 30.1 Å². The van der Waals surface area contributed by atoms with E-state index in [1.807, 2.05) is 22.9 Å². The van der Waals surface area contributed by atoms with Crippen LogP contribution in [0.2, 0.25) is 0 Å². The van der Waals surface area contributed by atoms with Crippen molar-refractivity contribution < 1.29 is 19.1 Å². The molecular formula is C27H26N8O4. The molecule has 0 unspecified atom stereocenters. The van der Waals surface area contributed by atoms with Crippen LogP contribution in [-0.2, 0) is 4.79 Å². The van der Waals surface area contributed by atoms with Crippen molar-refractivity contribution in [1.29, 1.82) is 0 Å². The molecule has 1 aliphatic carbocycles. The maximum absolute atomic E-state index is 13.2. The molecular weight excluding hydrogens is 500 g/mol. The van der Waals surface area contributed by atoms with Crippen molar-refractivity contribution in [2.24, 2.45) is 5.92 Å².